The lowest BCUT2D eigenvalue weighted by atomic mass is 10.1. The molecule has 2 fully saturated rings. The Morgan fingerprint density at radius 2 is 2.05 bits per heavy atom. The van der Waals surface area contributed by atoms with Crippen LogP contribution >= 0.6 is 0 Å². The molecule has 3 aliphatic carbocycles. The van der Waals surface area contributed by atoms with Crippen LogP contribution in [-0.4, -0.2) is 17.6 Å². The summed E-state index contributed by atoms with van der Waals surface area (Å²) >= 11 is 0. The summed E-state index contributed by atoms with van der Waals surface area (Å²) in [4.78, 5) is 7.59. The van der Waals surface area contributed by atoms with E-state index in [1.165, 1.54) is 67.7 Å². The first-order chi connectivity index (χ1) is 9.35. The Labute approximate surface area is 115 Å². The minimum Gasteiger partial charge on any atom is -0.353 e. The maximum absolute atomic E-state index is 5.98. The molecule has 102 valence electrons. The second-order valence-electron chi connectivity index (χ2n) is 6.46. The van der Waals surface area contributed by atoms with Crippen LogP contribution in [0.25, 0.3) is 0 Å². The molecule has 0 unspecified atom stereocenters. The highest BCUT2D eigenvalue weighted by atomic mass is 15.2. The first kappa shape index (κ1) is 11.7. The number of aryl methyl sites for hydroxylation is 2. The molecule has 3 heteroatoms. The number of hydrogen-bond donors (Lipinski definition) is 1. The second kappa shape index (κ2) is 4.48. The third kappa shape index (κ3) is 2.25. The number of anilines is 1. The molecule has 1 aromatic heterocycles. The van der Waals surface area contributed by atoms with Crippen molar-refractivity contribution in [2.75, 3.05) is 11.4 Å². The topological polar surface area (TPSA) is 42.1 Å². The Kier molecular flexibility index (Phi) is 2.76. The summed E-state index contributed by atoms with van der Waals surface area (Å²) in [5, 5.41) is 0. The van der Waals surface area contributed by atoms with Crippen molar-refractivity contribution in [3.05, 3.63) is 22.9 Å². The zero-order chi connectivity index (χ0) is 12.8. The van der Waals surface area contributed by atoms with E-state index >= 15 is 0 Å². The van der Waals surface area contributed by atoms with Gasteiger partial charge in [-0.25, -0.2) is 4.98 Å². The van der Waals surface area contributed by atoms with Gasteiger partial charge < -0.3 is 10.6 Å². The Bertz CT molecular complexity index is 489. The molecular weight excluding hydrogens is 234 g/mol. The van der Waals surface area contributed by atoms with Crippen molar-refractivity contribution < 1.29 is 0 Å². The highest BCUT2D eigenvalue weighted by Gasteiger charge is 2.35. The fourth-order valence-electron chi connectivity index (χ4n) is 3.28. The highest BCUT2D eigenvalue weighted by Crippen LogP contribution is 2.39. The van der Waals surface area contributed by atoms with Crippen LogP contribution in [0.3, 0.4) is 0 Å². The molecule has 0 aliphatic heterocycles. The van der Waals surface area contributed by atoms with E-state index in [0.29, 0.717) is 6.54 Å². The lowest BCUT2D eigenvalue weighted by Crippen LogP contribution is -2.30. The number of nitrogens with two attached hydrogens (primary N) is 1. The fraction of sp³-hybridized carbons (Fsp3) is 0.688. The minimum absolute atomic E-state index is 0.628. The third-order valence-electron chi connectivity index (χ3n) is 4.74. The van der Waals surface area contributed by atoms with Gasteiger partial charge in [0.2, 0.25) is 0 Å². The van der Waals surface area contributed by atoms with Crippen LogP contribution in [0.15, 0.2) is 6.07 Å². The Balaban J connectivity index is 1.70. The summed E-state index contributed by atoms with van der Waals surface area (Å²) in [6.07, 6.45) is 9.13. The van der Waals surface area contributed by atoms with Gasteiger partial charge in [-0.05, 0) is 62.5 Å². The quantitative estimate of drug-likeness (QED) is 0.881. The molecule has 19 heavy (non-hydrogen) atoms. The molecule has 1 aromatic rings. The van der Waals surface area contributed by atoms with E-state index in [-0.39, 0.29) is 0 Å². The van der Waals surface area contributed by atoms with Crippen molar-refractivity contribution in [3.8, 4) is 0 Å². The van der Waals surface area contributed by atoms with Crippen LogP contribution in [0.5, 0.6) is 0 Å². The number of aromatic nitrogens is 1. The molecule has 0 radical (unpaired) electrons. The van der Waals surface area contributed by atoms with E-state index < -0.39 is 0 Å². The standard InChI is InChI=1S/C16H23N3/c17-9-13-8-12-2-1-3-15(12)18-16(13)19(14-6-7-14)10-11-4-5-11/h8,11,14H,1-7,9-10,17H2. The number of fused-ring (bicyclic) bond motifs is 1. The van der Waals surface area contributed by atoms with E-state index in [1.54, 1.807) is 0 Å². The average molecular weight is 257 g/mol. The average Bonchev–Trinajstić information content (AvgIpc) is 3.33. The summed E-state index contributed by atoms with van der Waals surface area (Å²) < 4.78 is 0. The fourth-order valence-corrected chi connectivity index (χ4v) is 3.28. The highest BCUT2D eigenvalue weighted by molar-refractivity contribution is 5.52. The summed E-state index contributed by atoms with van der Waals surface area (Å²) in [5.74, 6) is 2.14. The molecule has 3 aliphatic rings. The minimum atomic E-state index is 0.628. The normalized spacial score (nSPS) is 21.5. The van der Waals surface area contributed by atoms with E-state index in [1.807, 2.05) is 0 Å². The smallest absolute Gasteiger partial charge is 0.133 e. The number of pyridine rings is 1. The van der Waals surface area contributed by atoms with Gasteiger partial charge in [0.05, 0.1) is 0 Å². The first-order valence-electron chi connectivity index (χ1n) is 7.83. The number of rotatable bonds is 5. The predicted molar refractivity (Wildman–Crippen MR) is 77.2 cm³/mol. The van der Waals surface area contributed by atoms with Crippen molar-refractivity contribution in [2.24, 2.45) is 11.7 Å². The van der Waals surface area contributed by atoms with E-state index in [0.717, 1.165) is 18.4 Å². The molecule has 4 rings (SSSR count). The summed E-state index contributed by atoms with van der Waals surface area (Å²) in [5.41, 5.74) is 10.0. The van der Waals surface area contributed by atoms with Crippen molar-refractivity contribution in [2.45, 2.75) is 57.5 Å². The van der Waals surface area contributed by atoms with Gasteiger partial charge in [0.25, 0.3) is 0 Å². The zero-order valence-electron chi connectivity index (χ0n) is 11.6. The van der Waals surface area contributed by atoms with Gasteiger partial charge >= 0.3 is 0 Å². The molecule has 0 bridgehead atoms. The Morgan fingerprint density at radius 1 is 1.21 bits per heavy atom. The SMILES string of the molecule is NCc1cc2c(nc1N(CC1CC1)C1CC1)CCC2. The van der Waals surface area contributed by atoms with Crippen molar-refractivity contribution in [1.82, 2.24) is 4.98 Å². The Morgan fingerprint density at radius 3 is 2.74 bits per heavy atom. The maximum Gasteiger partial charge on any atom is 0.133 e. The largest absolute Gasteiger partial charge is 0.353 e. The molecule has 1 heterocycles. The van der Waals surface area contributed by atoms with Crippen LogP contribution < -0.4 is 10.6 Å². The van der Waals surface area contributed by atoms with E-state index in [9.17, 15) is 0 Å². The zero-order valence-corrected chi connectivity index (χ0v) is 11.6. The van der Waals surface area contributed by atoms with Crippen molar-refractivity contribution >= 4 is 5.82 Å². The molecule has 2 saturated carbocycles. The third-order valence-corrected chi connectivity index (χ3v) is 4.74. The van der Waals surface area contributed by atoms with Crippen molar-refractivity contribution in [3.63, 3.8) is 0 Å². The van der Waals surface area contributed by atoms with Crippen LogP contribution in [0.4, 0.5) is 5.82 Å². The van der Waals surface area contributed by atoms with Gasteiger partial charge in [-0.3, -0.25) is 0 Å². The number of nitrogens with zero attached hydrogens (tertiary/aromatic N) is 2. The molecule has 0 aromatic carbocycles. The van der Waals surface area contributed by atoms with Gasteiger partial charge in [-0.1, -0.05) is 0 Å². The molecule has 0 amide bonds. The Hall–Kier alpha value is -1.09. The lowest BCUT2D eigenvalue weighted by molar-refractivity contribution is 0.701. The molecule has 0 spiro atoms. The van der Waals surface area contributed by atoms with Gasteiger partial charge in [-0.15, -0.1) is 0 Å². The summed E-state index contributed by atoms with van der Waals surface area (Å²) in [6, 6.07) is 3.09. The van der Waals surface area contributed by atoms with Crippen LogP contribution in [0.1, 0.15) is 48.9 Å². The molecular formula is C16H23N3. The van der Waals surface area contributed by atoms with E-state index in [2.05, 4.69) is 11.0 Å². The van der Waals surface area contributed by atoms with E-state index in [4.69, 9.17) is 10.7 Å². The maximum atomic E-state index is 5.98. The lowest BCUT2D eigenvalue weighted by Gasteiger charge is -2.26. The molecule has 2 N–H and O–H groups in total. The van der Waals surface area contributed by atoms with Crippen LogP contribution in [0.2, 0.25) is 0 Å². The second-order valence-corrected chi connectivity index (χ2v) is 6.46. The monoisotopic (exact) mass is 257 g/mol. The summed E-state index contributed by atoms with van der Waals surface area (Å²) in [6.45, 7) is 1.84. The van der Waals surface area contributed by atoms with Crippen LogP contribution in [-0.2, 0) is 19.4 Å². The molecule has 0 saturated heterocycles. The van der Waals surface area contributed by atoms with Gasteiger partial charge in [0.1, 0.15) is 5.82 Å². The molecule has 0 atom stereocenters. The van der Waals surface area contributed by atoms with Gasteiger partial charge in [0.15, 0.2) is 0 Å². The van der Waals surface area contributed by atoms with Gasteiger partial charge in [0, 0.05) is 30.4 Å². The summed E-state index contributed by atoms with van der Waals surface area (Å²) in [7, 11) is 0. The van der Waals surface area contributed by atoms with Crippen molar-refractivity contribution in [1.29, 1.82) is 0 Å². The predicted octanol–water partition coefficient (Wildman–Crippen LogP) is 2.41. The number of hydrogen-bond acceptors (Lipinski definition) is 3. The molecule has 3 nitrogen and oxygen atoms in total. The first-order valence-corrected chi connectivity index (χ1v) is 7.83. The van der Waals surface area contributed by atoms with Crippen LogP contribution in [0, 0.1) is 5.92 Å². The van der Waals surface area contributed by atoms with Gasteiger partial charge in [-0.2, -0.15) is 0 Å².